The van der Waals surface area contributed by atoms with E-state index in [-0.39, 0.29) is 24.0 Å². The zero-order valence-corrected chi connectivity index (χ0v) is 17.9. The summed E-state index contributed by atoms with van der Waals surface area (Å²) in [6.45, 7) is 1.97. The van der Waals surface area contributed by atoms with E-state index in [1.54, 1.807) is 60.3 Å². The highest BCUT2D eigenvalue weighted by molar-refractivity contribution is 7.99. The van der Waals surface area contributed by atoms with Gasteiger partial charge in [0.15, 0.2) is 0 Å². The second-order valence-electron chi connectivity index (χ2n) is 7.12. The molecule has 0 bridgehead atoms. The molecule has 1 aliphatic heterocycles. The van der Waals surface area contributed by atoms with E-state index in [2.05, 4.69) is 5.32 Å². The van der Waals surface area contributed by atoms with E-state index in [1.807, 2.05) is 13.0 Å². The molecule has 0 radical (unpaired) electrons. The van der Waals surface area contributed by atoms with Gasteiger partial charge in [0.1, 0.15) is 12.1 Å². The number of imide groups is 1. The van der Waals surface area contributed by atoms with Crippen LogP contribution in [-0.4, -0.2) is 57.3 Å². The largest absolute Gasteiger partial charge is 0.480 e. The maximum absolute atomic E-state index is 13.2. The van der Waals surface area contributed by atoms with Gasteiger partial charge in [0.2, 0.25) is 5.91 Å². The minimum Gasteiger partial charge on any atom is -0.480 e. The number of carboxylic acids is 1. The van der Waals surface area contributed by atoms with E-state index < -0.39 is 35.8 Å². The summed E-state index contributed by atoms with van der Waals surface area (Å²) in [7, 11) is 0. The predicted octanol–water partition coefficient (Wildman–Crippen LogP) is 2.61. The monoisotopic (exact) mass is 440 g/mol. The van der Waals surface area contributed by atoms with Crippen molar-refractivity contribution in [1.29, 1.82) is 0 Å². The summed E-state index contributed by atoms with van der Waals surface area (Å²) in [4.78, 5) is 51.8. The summed E-state index contributed by atoms with van der Waals surface area (Å²) < 4.78 is 0. The SMILES string of the molecule is CCSCCC(NC(=O)C(Cc1ccccc1)N1C(=O)c2ccccc2C1=O)C(=O)O. The third-order valence-electron chi connectivity index (χ3n) is 5.08. The van der Waals surface area contributed by atoms with Crippen molar-refractivity contribution in [1.82, 2.24) is 10.2 Å². The Morgan fingerprint density at radius 1 is 1.00 bits per heavy atom. The maximum atomic E-state index is 13.2. The highest BCUT2D eigenvalue weighted by atomic mass is 32.2. The van der Waals surface area contributed by atoms with Crippen molar-refractivity contribution >= 4 is 35.5 Å². The second kappa shape index (κ2) is 10.3. The Morgan fingerprint density at radius 2 is 1.58 bits per heavy atom. The number of carboxylic acid groups (broad SMARTS) is 1. The summed E-state index contributed by atoms with van der Waals surface area (Å²) in [6, 6.07) is 13.2. The van der Waals surface area contributed by atoms with Crippen LogP contribution < -0.4 is 5.32 Å². The zero-order valence-electron chi connectivity index (χ0n) is 17.1. The Labute approximate surface area is 184 Å². The molecule has 31 heavy (non-hydrogen) atoms. The number of hydrogen-bond donors (Lipinski definition) is 2. The van der Waals surface area contributed by atoms with Gasteiger partial charge in [0.25, 0.3) is 11.8 Å². The number of fused-ring (bicyclic) bond motifs is 1. The first-order valence-corrected chi connectivity index (χ1v) is 11.2. The molecule has 1 aliphatic rings. The molecule has 3 amide bonds. The number of benzene rings is 2. The molecule has 1 heterocycles. The Morgan fingerprint density at radius 3 is 2.13 bits per heavy atom. The van der Waals surface area contributed by atoms with Crippen LogP contribution in [0.4, 0.5) is 0 Å². The van der Waals surface area contributed by atoms with Gasteiger partial charge in [-0.15, -0.1) is 0 Å². The second-order valence-corrected chi connectivity index (χ2v) is 8.51. The summed E-state index contributed by atoms with van der Waals surface area (Å²) >= 11 is 1.58. The van der Waals surface area contributed by atoms with Crippen molar-refractivity contribution < 1.29 is 24.3 Å². The number of aliphatic carboxylic acids is 1. The van der Waals surface area contributed by atoms with Gasteiger partial charge in [-0.25, -0.2) is 4.79 Å². The number of amides is 3. The van der Waals surface area contributed by atoms with Gasteiger partial charge in [-0.05, 0) is 35.6 Å². The molecule has 2 aromatic rings. The third kappa shape index (κ3) is 5.14. The Bertz CT molecular complexity index is 944. The van der Waals surface area contributed by atoms with Crippen LogP contribution in [0.25, 0.3) is 0 Å². The van der Waals surface area contributed by atoms with Crippen LogP contribution in [0.1, 0.15) is 39.6 Å². The van der Waals surface area contributed by atoms with Gasteiger partial charge in [-0.3, -0.25) is 19.3 Å². The lowest BCUT2D eigenvalue weighted by molar-refractivity contribution is -0.142. The molecule has 0 aliphatic carbocycles. The smallest absolute Gasteiger partial charge is 0.326 e. The van der Waals surface area contributed by atoms with Gasteiger partial charge < -0.3 is 10.4 Å². The lowest BCUT2D eigenvalue weighted by Gasteiger charge is -2.27. The number of thioether (sulfide) groups is 1. The van der Waals surface area contributed by atoms with Gasteiger partial charge >= 0.3 is 5.97 Å². The van der Waals surface area contributed by atoms with Crippen LogP contribution >= 0.6 is 11.8 Å². The Kier molecular flexibility index (Phi) is 7.46. The number of carbonyl (C=O) groups is 4. The van der Waals surface area contributed by atoms with E-state index in [1.165, 1.54) is 0 Å². The molecule has 2 N–H and O–H groups in total. The molecule has 162 valence electrons. The fourth-order valence-electron chi connectivity index (χ4n) is 3.50. The van der Waals surface area contributed by atoms with Crippen LogP contribution in [0.2, 0.25) is 0 Å². The molecule has 0 fully saturated rings. The van der Waals surface area contributed by atoms with Gasteiger partial charge in [0, 0.05) is 6.42 Å². The van der Waals surface area contributed by atoms with E-state index in [0.29, 0.717) is 5.75 Å². The zero-order chi connectivity index (χ0) is 22.4. The van der Waals surface area contributed by atoms with E-state index in [4.69, 9.17) is 0 Å². The summed E-state index contributed by atoms with van der Waals surface area (Å²) in [6.07, 6.45) is 0.341. The topological polar surface area (TPSA) is 104 Å². The molecule has 2 atom stereocenters. The molecule has 8 heteroatoms. The predicted molar refractivity (Wildman–Crippen MR) is 118 cm³/mol. The number of hydrogen-bond acceptors (Lipinski definition) is 5. The molecule has 0 saturated heterocycles. The number of nitrogens with zero attached hydrogens (tertiary/aromatic N) is 1. The average molecular weight is 441 g/mol. The summed E-state index contributed by atoms with van der Waals surface area (Å²) in [5.41, 5.74) is 1.24. The summed E-state index contributed by atoms with van der Waals surface area (Å²) in [5, 5.41) is 12.1. The Hall–Kier alpha value is -3.13. The number of rotatable bonds is 10. The van der Waals surface area contributed by atoms with Crippen molar-refractivity contribution in [2.75, 3.05) is 11.5 Å². The minimum atomic E-state index is -1.16. The minimum absolute atomic E-state index is 0.0915. The van der Waals surface area contributed by atoms with Crippen molar-refractivity contribution in [2.24, 2.45) is 0 Å². The summed E-state index contributed by atoms with van der Waals surface area (Å²) in [5.74, 6) is -1.50. The standard InChI is InChI=1S/C23H24N2O5S/c1-2-31-13-12-18(23(29)30)24-20(26)19(14-15-8-4-3-5-9-15)25-21(27)16-10-6-7-11-17(16)22(25)28/h3-11,18-19H,2,12-14H2,1H3,(H,24,26)(H,29,30). The van der Waals surface area contributed by atoms with Gasteiger partial charge in [-0.1, -0.05) is 49.4 Å². The first kappa shape index (κ1) is 22.6. The molecular formula is C23H24N2O5S. The fraction of sp³-hybridized carbons (Fsp3) is 0.304. The first-order valence-electron chi connectivity index (χ1n) is 10.1. The lowest BCUT2D eigenvalue weighted by atomic mass is 10.0. The highest BCUT2D eigenvalue weighted by Gasteiger charge is 2.43. The van der Waals surface area contributed by atoms with Gasteiger partial charge in [-0.2, -0.15) is 11.8 Å². The average Bonchev–Trinajstić information content (AvgIpc) is 3.02. The Balaban J connectivity index is 1.88. The van der Waals surface area contributed by atoms with Crippen LogP contribution in [0.3, 0.4) is 0 Å². The van der Waals surface area contributed by atoms with E-state index in [9.17, 15) is 24.3 Å². The molecule has 2 unspecified atom stereocenters. The van der Waals surface area contributed by atoms with Crippen LogP contribution in [0.15, 0.2) is 54.6 Å². The molecular weight excluding hydrogens is 416 g/mol. The van der Waals surface area contributed by atoms with Crippen molar-refractivity contribution in [3.8, 4) is 0 Å². The van der Waals surface area contributed by atoms with Crippen molar-refractivity contribution in [3.63, 3.8) is 0 Å². The van der Waals surface area contributed by atoms with Crippen molar-refractivity contribution in [3.05, 3.63) is 71.3 Å². The molecule has 7 nitrogen and oxygen atoms in total. The van der Waals surface area contributed by atoms with Crippen LogP contribution in [0.5, 0.6) is 0 Å². The highest BCUT2D eigenvalue weighted by Crippen LogP contribution is 2.26. The van der Waals surface area contributed by atoms with Crippen LogP contribution in [0, 0.1) is 0 Å². The maximum Gasteiger partial charge on any atom is 0.326 e. The molecule has 0 aromatic heterocycles. The van der Waals surface area contributed by atoms with E-state index in [0.717, 1.165) is 16.2 Å². The first-order chi connectivity index (χ1) is 14.9. The van der Waals surface area contributed by atoms with Gasteiger partial charge in [0.05, 0.1) is 11.1 Å². The molecule has 2 aromatic carbocycles. The molecule has 0 saturated carbocycles. The number of nitrogens with one attached hydrogen (secondary N) is 1. The third-order valence-corrected chi connectivity index (χ3v) is 6.01. The quantitative estimate of drug-likeness (QED) is 0.435. The van der Waals surface area contributed by atoms with Crippen molar-refractivity contribution in [2.45, 2.75) is 31.8 Å². The lowest BCUT2D eigenvalue weighted by Crippen LogP contribution is -2.54. The van der Waals surface area contributed by atoms with E-state index >= 15 is 0 Å². The fourth-order valence-corrected chi connectivity index (χ4v) is 4.19. The normalized spacial score (nSPS) is 14.8. The molecule has 0 spiro atoms. The van der Waals surface area contributed by atoms with Crippen LogP contribution in [-0.2, 0) is 16.0 Å². The molecule has 3 rings (SSSR count). The number of carbonyl (C=O) groups excluding carboxylic acids is 3.